The molecule has 66 valence electrons. The van der Waals surface area contributed by atoms with Crippen LogP contribution < -0.4 is 0 Å². The van der Waals surface area contributed by atoms with Crippen molar-refractivity contribution in [2.75, 3.05) is 0 Å². The summed E-state index contributed by atoms with van der Waals surface area (Å²) in [5, 5.41) is 0. The van der Waals surface area contributed by atoms with Crippen molar-refractivity contribution in [2.45, 2.75) is 44.6 Å². The molecular weight excluding hydrogens is 196 g/mol. The van der Waals surface area contributed by atoms with Crippen LogP contribution in [0.4, 0.5) is 0 Å². The van der Waals surface area contributed by atoms with E-state index >= 15 is 0 Å². The summed E-state index contributed by atoms with van der Waals surface area (Å²) in [6, 6.07) is 0. The Balaban J connectivity index is 2.30. The van der Waals surface area contributed by atoms with Crippen molar-refractivity contribution < 1.29 is 4.18 Å². The SMILES string of the molecule is S=[S-](=S)OC1CCCCCC1. The van der Waals surface area contributed by atoms with Crippen LogP contribution in [0.25, 0.3) is 0 Å². The van der Waals surface area contributed by atoms with E-state index < -0.39 is 8.29 Å². The van der Waals surface area contributed by atoms with E-state index in [0.29, 0.717) is 6.10 Å². The van der Waals surface area contributed by atoms with Crippen LogP contribution in [0, 0.1) is 0 Å². The molecule has 0 heterocycles. The lowest BCUT2D eigenvalue weighted by atomic mass is 10.2. The highest BCUT2D eigenvalue weighted by molar-refractivity contribution is 8.44. The van der Waals surface area contributed by atoms with Gasteiger partial charge in [0.2, 0.25) is 0 Å². The number of hydrogen-bond donors (Lipinski definition) is 0. The Morgan fingerprint density at radius 1 is 1.00 bits per heavy atom. The van der Waals surface area contributed by atoms with Gasteiger partial charge in [-0.25, -0.2) is 30.7 Å². The van der Waals surface area contributed by atoms with Gasteiger partial charge < -0.3 is 4.18 Å². The zero-order valence-electron chi connectivity index (χ0n) is 6.45. The average Bonchev–Trinajstić information content (AvgIpc) is 2.14. The van der Waals surface area contributed by atoms with Crippen LogP contribution in [0.3, 0.4) is 0 Å². The van der Waals surface area contributed by atoms with E-state index in [1.165, 1.54) is 25.7 Å². The average molecular weight is 209 g/mol. The first-order valence-electron chi connectivity index (χ1n) is 4.05. The molecule has 0 saturated heterocycles. The Morgan fingerprint density at radius 2 is 1.55 bits per heavy atom. The Labute approximate surface area is 79.6 Å². The van der Waals surface area contributed by atoms with Gasteiger partial charge in [-0.15, -0.1) is 0 Å². The summed E-state index contributed by atoms with van der Waals surface area (Å²) in [4.78, 5) is 0. The zero-order chi connectivity index (χ0) is 8.10. The molecule has 1 rings (SSSR count). The van der Waals surface area contributed by atoms with Gasteiger partial charge >= 0.3 is 0 Å². The normalized spacial score (nSPS) is 21.9. The van der Waals surface area contributed by atoms with Crippen molar-refractivity contribution in [3.05, 3.63) is 0 Å². The highest BCUT2D eigenvalue weighted by Crippen LogP contribution is 2.19. The second-order valence-corrected chi connectivity index (χ2v) is 5.96. The van der Waals surface area contributed by atoms with Gasteiger partial charge in [0.1, 0.15) is 0 Å². The van der Waals surface area contributed by atoms with Gasteiger partial charge in [0.25, 0.3) is 0 Å². The first kappa shape index (κ1) is 9.84. The smallest absolute Gasteiger partial charge is 0.0348 e. The Bertz CT molecular complexity index is 161. The molecule has 1 aliphatic carbocycles. The van der Waals surface area contributed by atoms with Gasteiger partial charge in [-0.05, 0) is 12.8 Å². The van der Waals surface area contributed by atoms with Gasteiger partial charge in [0.15, 0.2) is 0 Å². The quantitative estimate of drug-likeness (QED) is 0.510. The van der Waals surface area contributed by atoms with E-state index in [1.54, 1.807) is 0 Å². The maximum absolute atomic E-state index is 5.43. The largest absolute Gasteiger partial charge is 0.464 e. The molecule has 1 fully saturated rings. The second kappa shape index (κ2) is 5.41. The molecule has 1 aliphatic rings. The summed E-state index contributed by atoms with van der Waals surface area (Å²) >= 11 is 9.65. The lowest BCUT2D eigenvalue weighted by Gasteiger charge is -2.18. The predicted molar refractivity (Wildman–Crippen MR) is 54.7 cm³/mol. The summed E-state index contributed by atoms with van der Waals surface area (Å²) < 4.78 is 5.43. The Morgan fingerprint density at radius 3 is 2.00 bits per heavy atom. The summed E-state index contributed by atoms with van der Waals surface area (Å²) in [7, 11) is -0.654. The summed E-state index contributed by atoms with van der Waals surface area (Å²) in [5.74, 6) is 0. The van der Waals surface area contributed by atoms with E-state index in [2.05, 4.69) is 0 Å². The van der Waals surface area contributed by atoms with Gasteiger partial charge in [-0.3, -0.25) is 0 Å². The fourth-order valence-corrected chi connectivity index (χ4v) is 2.53. The molecule has 0 aliphatic heterocycles. The molecule has 1 saturated carbocycles. The first-order valence-corrected chi connectivity index (χ1v) is 7.05. The van der Waals surface area contributed by atoms with Gasteiger partial charge in [-0.2, -0.15) is 0 Å². The Kier molecular flexibility index (Phi) is 4.83. The summed E-state index contributed by atoms with van der Waals surface area (Å²) in [6.45, 7) is 0. The second-order valence-electron chi connectivity index (χ2n) is 2.91. The molecule has 0 spiro atoms. The third kappa shape index (κ3) is 4.35. The summed E-state index contributed by atoms with van der Waals surface area (Å²) in [5.41, 5.74) is 0. The van der Waals surface area contributed by atoms with Crippen LogP contribution in [0.1, 0.15) is 38.5 Å². The van der Waals surface area contributed by atoms with Crippen LogP contribution in [-0.4, -0.2) is 6.10 Å². The molecule has 0 aromatic heterocycles. The van der Waals surface area contributed by atoms with Crippen molar-refractivity contribution in [2.24, 2.45) is 0 Å². The maximum Gasteiger partial charge on any atom is 0.0348 e. The molecule has 11 heavy (non-hydrogen) atoms. The molecule has 0 radical (unpaired) electrons. The van der Waals surface area contributed by atoms with E-state index in [-0.39, 0.29) is 0 Å². The monoisotopic (exact) mass is 209 g/mol. The third-order valence-corrected chi connectivity index (χ3v) is 2.92. The molecule has 0 amide bonds. The van der Waals surface area contributed by atoms with Crippen LogP contribution in [0.2, 0.25) is 0 Å². The minimum absolute atomic E-state index is 0.371. The van der Waals surface area contributed by atoms with Crippen molar-refractivity contribution in [1.29, 1.82) is 0 Å². The predicted octanol–water partition coefficient (Wildman–Crippen LogP) is 2.18. The van der Waals surface area contributed by atoms with Crippen LogP contribution in [0.5, 0.6) is 0 Å². The van der Waals surface area contributed by atoms with Crippen molar-refractivity contribution in [3.63, 3.8) is 0 Å². The number of hydrogen-bond acceptors (Lipinski definition) is 4. The van der Waals surface area contributed by atoms with Gasteiger partial charge in [-0.1, -0.05) is 25.7 Å². The minimum atomic E-state index is -0.654. The third-order valence-electron chi connectivity index (χ3n) is 2.02. The fraction of sp³-hybridized carbons (Fsp3) is 1.00. The lowest BCUT2D eigenvalue weighted by Crippen LogP contribution is -2.09. The van der Waals surface area contributed by atoms with E-state index in [0.717, 1.165) is 12.8 Å². The van der Waals surface area contributed by atoms with Crippen molar-refractivity contribution in [1.82, 2.24) is 0 Å². The van der Waals surface area contributed by atoms with E-state index in [1.807, 2.05) is 0 Å². The molecule has 4 heteroatoms. The van der Waals surface area contributed by atoms with Crippen LogP contribution in [0.15, 0.2) is 0 Å². The van der Waals surface area contributed by atoms with Crippen molar-refractivity contribution >= 4 is 30.7 Å². The highest BCUT2D eigenvalue weighted by atomic mass is 33.1. The highest BCUT2D eigenvalue weighted by Gasteiger charge is 2.08. The molecule has 0 bridgehead atoms. The van der Waals surface area contributed by atoms with Crippen LogP contribution >= 0.6 is 0 Å². The summed E-state index contributed by atoms with van der Waals surface area (Å²) in [6.07, 6.45) is 7.97. The number of rotatable bonds is 2. The molecule has 0 aromatic rings. The fourth-order valence-electron chi connectivity index (χ4n) is 1.45. The molecule has 0 atom stereocenters. The van der Waals surface area contributed by atoms with Crippen LogP contribution in [-0.2, 0) is 34.9 Å². The van der Waals surface area contributed by atoms with E-state index in [4.69, 9.17) is 26.6 Å². The zero-order valence-corrected chi connectivity index (χ0v) is 8.90. The van der Waals surface area contributed by atoms with E-state index in [9.17, 15) is 0 Å². The lowest BCUT2D eigenvalue weighted by molar-refractivity contribution is 0.221. The molecule has 0 N–H and O–H groups in total. The topological polar surface area (TPSA) is 9.23 Å². The van der Waals surface area contributed by atoms with Crippen molar-refractivity contribution in [3.8, 4) is 0 Å². The molecule has 0 aromatic carbocycles. The maximum atomic E-state index is 5.43. The first-order chi connectivity index (χ1) is 5.29. The molecule has 0 unspecified atom stereocenters. The standard InChI is InChI=1S/C7H13OS3/c9-11(10)8-7-5-3-1-2-4-6-7/h7H,1-6H2/q-1. The van der Waals surface area contributed by atoms with Gasteiger partial charge in [0.05, 0.1) is 0 Å². The van der Waals surface area contributed by atoms with Gasteiger partial charge in [0, 0.05) is 6.10 Å². The molecule has 1 nitrogen and oxygen atoms in total. The Hall–Kier alpha value is 0.750. The minimum Gasteiger partial charge on any atom is -0.464 e. The molecular formula is C7H13OS3-.